The first-order valence-electron chi connectivity index (χ1n) is 8.04. The van der Waals surface area contributed by atoms with E-state index in [0.717, 1.165) is 18.8 Å². The number of rotatable bonds is 6. The van der Waals surface area contributed by atoms with E-state index >= 15 is 0 Å². The first-order chi connectivity index (χ1) is 11.2. The molecule has 3 N–H and O–H groups in total. The summed E-state index contributed by atoms with van der Waals surface area (Å²) in [5.74, 6) is 0.913. The molecule has 1 saturated heterocycles. The van der Waals surface area contributed by atoms with Gasteiger partial charge in [-0.1, -0.05) is 30.3 Å². The molecule has 0 aliphatic carbocycles. The van der Waals surface area contributed by atoms with Gasteiger partial charge in [0.1, 0.15) is 5.82 Å². The summed E-state index contributed by atoms with van der Waals surface area (Å²) in [4.78, 5) is 16.6. The fourth-order valence-electron chi connectivity index (χ4n) is 2.83. The predicted octanol–water partition coefficient (Wildman–Crippen LogP) is 0.855. The van der Waals surface area contributed by atoms with Crippen LogP contribution in [0.4, 0.5) is 0 Å². The SMILES string of the molecule is CC1NNCC1C(=O)NCc1nccn1CCc1ccccc1. The maximum Gasteiger partial charge on any atom is 0.226 e. The predicted molar refractivity (Wildman–Crippen MR) is 88.3 cm³/mol. The lowest BCUT2D eigenvalue weighted by atomic mass is 10.0. The van der Waals surface area contributed by atoms with Crippen molar-refractivity contribution >= 4 is 5.91 Å². The Bertz CT molecular complexity index is 639. The number of imidazole rings is 1. The van der Waals surface area contributed by atoms with Crippen LogP contribution in [0.5, 0.6) is 0 Å². The van der Waals surface area contributed by atoms with Gasteiger partial charge in [0.15, 0.2) is 0 Å². The van der Waals surface area contributed by atoms with Crippen LogP contribution in [0.3, 0.4) is 0 Å². The van der Waals surface area contributed by atoms with Gasteiger partial charge in [0, 0.05) is 31.5 Å². The molecule has 23 heavy (non-hydrogen) atoms. The lowest BCUT2D eigenvalue weighted by Crippen LogP contribution is -2.37. The minimum Gasteiger partial charge on any atom is -0.349 e. The second kappa shape index (κ2) is 7.39. The summed E-state index contributed by atoms with van der Waals surface area (Å²) in [5, 5.41) is 2.99. The number of nitrogens with zero attached hydrogens (tertiary/aromatic N) is 2. The molecule has 2 heterocycles. The topological polar surface area (TPSA) is 71.0 Å². The van der Waals surface area contributed by atoms with Crippen molar-refractivity contribution in [2.75, 3.05) is 6.54 Å². The Morgan fingerprint density at radius 1 is 1.39 bits per heavy atom. The second-order valence-electron chi connectivity index (χ2n) is 5.91. The van der Waals surface area contributed by atoms with Crippen LogP contribution in [-0.4, -0.2) is 28.0 Å². The number of carbonyl (C=O) groups excluding carboxylic acids is 1. The van der Waals surface area contributed by atoms with Gasteiger partial charge >= 0.3 is 0 Å². The molecule has 0 radical (unpaired) electrons. The molecule has 2 unspecified atom stereocenters. The summed E-state index contributed by atoms with van der Waals surface area (Å²) in [7, 11) is 0. The smallest absolute Gasteiger partial charge is 0.226 e. The Balaban J connectivity index is 1.53. The Hall–Kier alpha value is -2.18. The average molecular weight is 313 g/mol. The van der Waals surface area contributed by atoms with Crippen molar-refractivity contribution in [1.82, 2.24) is 25.7 Å². The first kappa shape index (κ1) is 15.7. The summed E-state index contributed by atoms with van der Waals surface area (Å²) in [6, 6.07) is 10.5. The molecule has 3 rings (SSSR count). The van der Waals surface area contributed by atoms with Crippen molar-refractivity contribution in [1.29, 1.82) is 0 Å². The van der Waals surface area contributed by atoms with E-state index in [1.54, 1.807) is 6.20 Å². The van der Waals surface area contributed by atoms with Crippen LogP contribution in [-0.2, 0) is 24.3 Å². The summed E-state index contributed by atoms with van der Waals surface area (Å²) < 4.78 is 2.10. The zero-order valence-corrected chi connectivity index (χ0v) is 13.3. The number of aryl methyl sites for hydroxylation is 2. The van der Waals surface area contributed by atoms with E-state index in [1.165, 1.54) is 5.56 Å². The minimum absolute atomic E-state index is 0.0391. The molecule has 6 heteroatoms. The highest BCUT2D eigenvalue weighted by molar-refractivity contribution is 5.79. The molecule has 1 aromatic heterocycles. The van der Waals surface area contributed by atoms with Gasteiger partial charge < -0.3 is 9.88 Å². The van der Waals surface area contributed by atoms with Gasteiger partial charge in [-0.3, -0.25) is 15.6 Å². The molecule has 0 saturated carbocycles. The molecule has 1 amide bonds. The quantitative estimate of drug-likeness (QED) is 0.739. The van der Waals surface area contributed by atoms with Gasteiger partial charge in [-0.2, -0.15) is 0 Å². The average Bonchev–Trinajstić information content (AvgIpc) is 3.20. The van der Waals surface area contributed by atoms with Gasteiger partial charge in [-0.25, -0.2) is 4.98 Å². The van der Waals surface area contributed by atoms with Crippen molar-refractivity contribution in [2.45, 2.75) is 32.5 Å². The number of benzene rings is 1. The van der Waals surface area contributed by atoms with Crippen LogP contribution in [0, 0.1) is 5.92 Å². The third kappa shape index (κ3) is 3.97. The van der Waals surface area contributed by atoms with Gasteiger partial charge in [-0.05, 0) is 18.9 Å². The van der Waals surface area contributed by atoms with E-state index < -0.39 is 0 Å². The Morgan fingerprint density at radius 3 is 2.96 bits per heavy atom. The van der Waals surface area contributed by atoms with Gasteiger partial charge in [0.2, 0.25) is 5.91 Å². The molecule has 1 fully saturated rings. The lowest BCUT2D eigenvalue weighted by Gasteiger charge is -2.14. The zero-order valence-electron chi connectivity index (χ0n) is 13.3. The van der Waals surface area contributed by atoms with Crippen LogP contribution in [0.2, 0.25) is 0 Å². The highest BCUT2D eigenvalue weighted by atomic mass is 16.2. The number of aromatic nitrogens is 2. The van der Waals surface area contributed by atoms with Crippen molar-refractivity contribution in [2.24, 2.45) is 5.92 Å². The van der Waals surface area contributed by atoms with E-state index in [2.05, 4.69) is 50.0 Å². The monoisotopic (exact) mass is 313 g/mol. The molecular weight excluding hydrogens is 290 g/mol. The van der Waals surface area contributed by atoms with Crippen LogP contribution < -0.4 is 16.2 Å². The maximum absolute atomic E-state index is 12.2. The Morgan fingerprint density at radius 2 is 2.22 bits per heavy atom. The van der Waals surface area contributed by atoms with E-state index in [9.17, 15) is 4.79 Å². The lowest BCUT2D eigenvalue weighted by molar-refractivity contribution is -0.124. The van der Waals surface area contributed by atoms with E-state index in [1.807, 2.05) is 19.2 Å². The van der Waals surface area contributed by atoms with E-state index in [-0.39, 0.29) is 17.9 Å². The highest BCUT2D eigenvalue weighted by Gasteiger charge is 2.29. The normalized spacial score (nSPS) is 20.6. The molecule has 1 aromatic carbocycles. The van der Waals surface area contributed by atoms with Crippen LogP contribution in [0.1, 0.15) is 18.3 Å². The molecule has 2 aromatic rings. The molecule has 122 valence electrons. The maximum atomic E-state index is 12.2. The van der Waals surface area contributed by atoms with Crippen LogP contribution >= 0.6 is 0 Å². The zero-order chi connectivity index (χ0) is 16.1. The number of amides is 1. The third-order valence-corrected chi connectivity index (χ3v) is 4.30. The summed E-state index contributed by atoms with van der Waals surface area (Å²) in [5.41, 5.74) is 7.38. The summed E-state index contributed by atoms with van der Waals surface area (Å²) in [6.07, 6.45) is 4.70. The molecule has 6 nitrogen and oxygen atoms in total. The molecule has 1 aliphatic heterocycles. The van der Waals surface area contributed by atoms with Gasteiger partial charge in [0.05, 0.1) is 12.5 Å². The van der Waals surface area contributed by atoms with Crippen LogP contribution in [0.25, 0.3) is 0 Å². The van der Waals surface area contributed by atoms with Crippen molar-refractivity contribution in [3.8, 4) is 0 Å². The molecule has 1 aliphatic rings. The first-order valence-corrected chi connectivity index (χ1v) is 8.04. The van der Waals surface area contributed by atoms with E-state index in [0.29, 0.717) is 13.1 Å². The Labute approximate surface area is 136 Å². The molecule has 0 bridgehead atoms. The highest BCUT2D eigenvalue weighted by Crippen LogP contribution is 2.08. The standard InChI is InChI=1S/C17H23N5O/c1-13-15(11-20-21-13)17(23)19-12-16-18-8-10-22(16)9-7-14-5-3-2-4-6-14/h2-6,8,10,13,15,20-21H,7,9,11-12H2,1H3,(H,19,23). The second-order valence-corrected chi connectivity index (χ2v) is 5.91. The summed E-state index contributed by atoms with van der Waals surface area (Å²) in [6.45, 7) is 3.99. The number of hydrogen-bond acceptors (Lipinski definition) is 4. The largest absolute Gasteiger partial charge is 0.349 e. The number of hydrazine groups is 1. The number of carbonyl (C=O) groups is 1. The summed E-state index contributed by atoms with van der Waals surface area (Å²) >= 11 is 0. The number of nitrogens with one attached hydrogen (secondary N) is 3. The third-order valence-electron chi connectivity index (χ3n) is 4.30. The molecule has 2 atom stereocenters. The number of hydrogen-bond donors (Lipinski definition) is 3. The fourth-order valence-corrected chi connectivity index (χ4v) is 2.83. The molecule has 0 spiro atoms. The van der Waals surface area contributed by atoms with Gasteiger partial charge in [-0.15, -0.1) is 0 Å². The van der Waals surface area contributed by atoms with Crippen molar-refractivity contribution in [3.63, 3.8) is 0 Å². The fraction of sp³-hybridized carbons (Fsp3) is 0.412. The van der Waals surface area contributed by atoms with Crippen molar-refractivity contribution < 1.29 is 4.79 Å². The Kier molecular flexibility index (Phi) is 5.05. The minimum atomic E-state index is -0.0391. The van der Waals surface area contributed by atoms with Crippen LogP contribution in [0.15, 0.2) is 42.7 Å². The van der Waals surface area contributed by atoms with Gasteiger partial charge in [0.25, 0.3) is 0 Å². The van der Waals surface area contributed by atoms with E-state index in [4.69, 9.17) is 0 Å². The van der Waals surface area contributed by atoms with Crippen molar-refractivity contribution in [3.05, 3.63) is 54.1 Å². The molecular formula is C17H23N5O.